The highest BCUT2D eigenvalue weighted by atomic mass is 32.2. The Bertz CT molecular complexity index is 985. The molecule has 0 fully saturated rings. The summed E-state index contributed by atoms with van der Waals surface area (Å²) in [5.74, 6) is -0.919. The number of hydrogen-bond donors (Lipinski definition) is 2. The first-order valence-corrected chi connectivity index (χ1v) is 10.2. The fourth-order valence-corrected chi connectivity index (χ4v) is 3.88. The first-order valence-electron chi connectivity index (χ1n) is 8.37. The fraction of sp³-hybridized carbons (Fsp3) is 0.222. The van der Waals surface area contributed by atoms with E-state index >= 15 is 0 Å². The zero-order valence-corrected chi connectivity index (χ0v) is 16.7. The van der Waals surface area contributed by atoms with Gasteiger partial charge in [-0.25, -0.2) is 4.39 Å². The van der Waals surface area contributed by atoms with Crippen molar-refractivity contribution >= 4 is 34.9 Å². The third-order valence-electron chi connectivity index (χ3n) is 3.71. The second-order valence-electron chi connectivity index (χ2n) is 5.74. The van der Waals surface area contributed by atoms with Crippen molar-refractivity contribution in [1.29, 1.82) is 0 Å². The van der Waals surface area contributed by atoms with Gasteiger partial charge < -0.3 is 4.42 Å². The lowest BCUT2D eigenvalue weighted by molar-refractivity contribution is -0.119. The van der Waals surface area contributed by atoms with Crippen LogP contribution in [0.1, 0.15) is 27.0 Å². The summed E-state index contributed by atoms with van der Waals surface area (Å²) in [7, 11) is 0. The van der Waals surface area contributed by atoms with E-state index in [1.807, 2.05) is 13.8 Å². The van der Waals surface area contributed by atoms with Crippen molar-refractivity contribution in [3.63, 3.8) is 0 Å². The maximum Gasteiger partial charge on any atom is 0.279 e. The van der Waals surface area contributed by atoms with E-state index in [1.54, 1.807) is 6.07 Å². The van der Waals surface area contributed by atoms with Crippen molar-refractivity contribution in [3.8, 4) is 11.5 Å². The first-order chi connectivity index (χ1) is 13.5. The molecule has 2 amide bonds. The Morgan fingerprint density at radius 3 is 2.64 bits per heavy atom. The van der Waals surface area contributed by atoms with E-state index in [2.05, 4.69) is 21.0 Å². The van der Waals surface area contributed by atoms with Gasteiger partial charge in [-0.1, -0.05) is 18.7 Å². The van der Waals surface area contributed by atoms with E-state index in [1.165, 1.54) is 35.6 Å². The van der Waals surface area contributed by atoms with Gasteiger partial charge in [-0.3, -0.25) is 20.4 Å². The number of rotatable bonds is 6. The highest BCUT2D eigenvalue weighted by Crippen LogP contribution is 2.23. The monoisotopic (exact) mass is 420 g/mol. The van der Waals surface area contributed by atoms with Crippen LogP contribution in [0.15, 0.2) is 40.0 Å². The number of carbonyl (C=O) groups excluding carboxylic acids is 2. The Hall–Kier alpha value is -2.72. The summed E-state index contributed by atoms with van der Waals surface area (Å²) in [6, 6.07) is 7.43. The number of hydrogen-bond acceptors (Lipinski definition) is 7. The summed E-state index contributed by atoms with van der Waals surface area (Å²) in [6.07, 6.45) is 0.858. The third-order valence-corrected chi connectivity index (χ3v) is 5.90. The number of halogens is 1. The van der Waals surface area contributed by atoms with Gasteiger partial charge in [0, 0.05) is 10.4 Å². The quantitative estimate of drug-likeness (QED) is 0.469. The lowest BCUT2D eigenvalue weighted by Crippen LogP contribution is -2.42. The van der Waals surface area contributed by atoms with Crippen LogP contribution in [0.5, 0.6) is 0 Å². The molecule has 146 valence electrons. The molecule has 3 aromatic rings. The minimum Gasteiger partial charge on any atom is -0.411 e. The third kappa shape index (κ3) is 4.96. The highest BCUT2D eigenvalue weighted by Gasteiger charge is 2.14. The fourth-order valence-electron chi connectivity index (χ4n) is 2.31. The van der Waals surface area contributed by atoms with Gasteiger partial charge in [-0.05, 0) is 49.2 Å². The largest absolute Gasteiger partial charge is 0.411 e. The second-order valence-corrected chi connectivity index (χ2v) is 7.80. The minimum absolute atomic E-state index is 0.0188. The van der Waals surface area contributed by atoms with E-state index in [0.717, 1.165) is 28.6 Å². The standard InChI is InChI=1S/C18H17FN4O3S2/c1-3-13-10(2)8-14(28-13)16(25)21-20-15(24)9-27-18-23-22-17(26-18)11-4-6-12(19)7-5-11/h4-8H,3,9H2,1-2H3,(H,20,24)(H,21,25). The number of aryl methyl sites for hydroxylation is 2. The maximum absolute atomic E-state index is 12.9. The molecule has 7 nitrogen and oxygen atoms in total. The summed E-state index contributed by atoms with van der Waals surface area (Å²) in [5, 5.41) is 7.90. The summed E-state index contributed by atoms with van der Waals surface area (Å²) >= 11 is 2.44. The number of nitrogens with one attached hydrogen (secondary N) is 2. The lowest BCUT2D eigenvalue weighted by atomic mass is 10.2. The summed E-state index contributed by atoms with van der Waals surface area (Å²) in [6.45, 7) is 3.98. The van der Waals surface area contributed by atoms with Gasteiger partial charge in [0.05, 0.1) is 10.6 Å². The molecule has 2 aromatic heterocycles. The first kappa shape index (κ1) is 20.0. The molecule has 1 aromatic carbocycles. The van der Waals surface area contributed by atoms with Crippen molar-refractivity contribution in [1.82, 2.24) is 21.0 Å². The Labute approximate surface area is 168 Å². The minimum atomic E-state index is -0.413. The van der Waals surface area contributed by atoms with Crippen molar-refractivity contribution < 1.29 is 18.4 Å². The molecule has 2 N–H and O–H groups in total. The second kappa shape index (κ2) is 8.98. The van der Waals surface area contributed by atoms with Gasteiger partial charge in [0.1, 0.15) is 5.82 Å². The van der Waals surface area contributed by atoms with Crippen LogP contribution in [0.2, 0.25) is 0 Å². The Kier molecular flexibility index (Phi) is 6.42. The van der Waals surface area contributed by atoms with Gasteiger partial charge in [0.25, 0.3) is 11.1 Å². The molecule has 0 aliphatic carbocycles. The predicted octanol–water partition coefficient (Wildman–Crippen LogP) is 3.36. The molecule has 0 bridgehead atoms. The Balaban J connectivity index is 1.48. The van der Waals surface area contributed by atoms with Crippen molar-refractivity contribution in [3.05, 3.63) is 51.5 Å². The maximum atomic E-state index is 12.9. The summed E-state index contributed by atoms with van der Waals surface area (Å²) in [4.78, 5) is 25.7. The summed E-state index contributed by atoms with van der Waals surface area (Å²) in [5.41, 5.74) is 6.39. The van der Waals surface area contributed by atoms with Crippen LogP contribution in [-0.2, 0) is 11.2 Å². The molecule has 0 atom stereocenters. The number of thioether (sulfide) groups is 1. The van der Waals surface area contributed by atoms with E-state index in [-0.39, 0.29) is 28.6 Å². The topological polar surface area (TPSA) is 97.1 Å². The average Bonchev–Trinajstić information content (AvgIpc) is 3.31. The molecule has 0 saturated carbocycles. The molecule has 0 aliphatic rings. The van der Waals surface area contributed by atoms with E-state index in [4.69, 9.17) is 4.42 Å². The Morgan fingerprint density at radius 2 is 1.96 bits per heavy atom. The number of hydrazine groups is 1. The lowest BCUT2D eigenvalue weighted by Gasteiger charge is -2.04. The van der Waals surface area contributed by atoms with Crippen LogP contribution in [0, 0.1) is 12.7 Å². The van der Waals surface area contributed by atoms with Gasteiger partial charge in [0.15, 0.2) is 0 Å². The van der Waals surface area contributed by atoms with Gasteiger partial charge in [-0.2, -0.15) is 0 Å². The SMILES string of the molecule is CCc1sc(C(=O)NNC(=O)CSc2nnc(-c3ccc(F)cc3)o2)cc1C. The van der Waals surface area contributed by atoms with Crippen LogP contribution in [0.4, 0.5) is 4.39 Å². The van der Waals surface area contributed by atoms with Crippen molar-refractivity contribution in [2.24, 2.45) is 0 Å². The van der Waals surface area contributed by atoms with Gasteiger partial charge in [-0.15, -0.1) is 21.5 Å². The van der Waals surface area contributed by atoms with Crippen molar-refractivity contribution in [2.45, 2.75) is 25.5 Å². The van der Waals surface area contributed by atoms with Crippen LogP contribution >= 0.6 is 23.1 Å². The molecule has 10 heteroatoms. The van der Waals surface area contributed by atoms with E-state index in [9.17, 15) is 14.0 Å². The Morgan fingerprint density at radius 1 is 1.21 bits per heavy atom. The molecule has 3 rings (SSSR count). The number of benzene rings is 1. The summed E-state index contributed by atoms with van der Waals surface area (Å²) < 4.78 is 18.4. The van der Waals surface area contributed by atoms with Gasteiger partial charge in [0.2, 0.25) is 11.8 Å². The molecule has 0 radical (unpaired) electrons. The zero-order chi connectivity index (χ0) is 20.1. The number of aromatic nitrogens is 2. The van der Waals surface area contributed by atoms with E-state index < -0.39 is 5.91 Å². The smallest absolute Gasteiger partial charge is 0.279 e. The molecule has 0 aliphatic heterocycles. The molecule has 0 saturated heterocycles. The van der Waals surface area contributed by atoms with Crippen LogP contribution in [0.25, 0.3) is 11.5 Å². The molecular weight excluding hydrogens is 403 g/mol. The van der Waals surface area contributed by atoms with Crippen LogP contribution < -0.4 is 10.9 Å². The highest BCUT2D eigenvalue weighted by molar-refractivity contribution is 7.99. The number of carbonyl (C=O) groups is 2. The van der Waals surface area contributed by atoms with Crippen LogP contribution in [-0.4, -0.2) is 27.8 Å². The van der Waals surface area contributed by atoms with Crippen molar-refractivity contribution in [2.75, 3.05) is 5.75 Å². The van der Waals surface area contributed by atoms with Gasteiger partial charge >= 0.3 is 0 Å². The molecule has 0 unspecified atom stereocenters. The number of thiophene rings is 1. The molecular formula is C18H17FN4O3S2. The zero-order valence-electron chi connectivity index (χ0n) is 15.1. The van der Waals surface area contributed by atoms with E-state index in [0.29, 0.717) is 10.4 Å². The molecule has 0 spiro atoms. The number of amides is 2. The molecule has 2 heterocycles. The molecule has 28 heavy (non-hydrogen) atoms. The normalized spacial score (nSPS) is 10.7. The number of nitrogens with zero attached hydrogens (tertiary/aromatic N) is 2. The van der Waals surface area contributed by atoms with Crippen LogP contribution in [0.3, 0.4) is 0 Å². The average molecular weight is 420 g/mol. The predicted molar refractivity (Wildman–Crippen MR) is 104 cm³/mol.